The summed E-state index contributed by atoms with van der Waals surface area (Å²) < 4.78 is 40.0. The maximum absolute atomic E-state index is 12.8. The van der Waals surface area contributed by atoms with E-state index in [0.29, 0.717) is 58.9 Å². The second-order valence-corrected chi connectivity index (χ2v) is 15.9. The van der Waals surface area contributed by atoms with Crippen LogP contribution < -0.4 is 20.4 Å². The number of hydrogen-bond acceptors (Lipinski definition) is 10. The number of carbonyl (C=O) groups excluding carboxylic acids is 2. The number of amides is 4. The van der Waals surface area contributed by atoms with Crippen LogP contribution >= 0.6 is 34.3 Å². The predicted molar refractivity (Wildman–Crippen MR) is 217 cm³/mol. The molecule has 2 aliphatic rings. The molecule has 2 aliphatic heterocycles. The predicted octanol–water partition coefficient (Wildman–Crippen LogP) is 8.77. The maximum atomic E-state index is 12.8. The summed E-state index contributed by atoms with van der Waals surface area (Å²) in [5, 5.41) is 7.12. The van der Waals surface area contributed by atoms with Crippen LogP contribution in [0.15, 0.2) is 73.1 Å². The lowest BCUT2D eigenvalue weighted by Crippen LogP contribution is -2.55. The van der Waals surface area contributed by atoms with E-state index in [9.17, 15) is 22.8 Å². The van der Waals surface area contributed by atoms with Crippen molar-refractivity contribution in [1.29, 1.82) is 0 Å². The molecule has 0 radical (unpaired) electrons. The number of urea groups is 2. The van der Waals surface area contributed by atoms with Crippen LogP contribution in [0.4, 0.5) is 44.7 Å². The van der Waals surface area contributed by atoms with E-state index in [2.05, 4.69) is 68.4 Å². The van der Waals surface area contributed by atoms with Gasteiger partial charge in [0.25, 0.3) is 0 Å². The molecule has 0 unspecified atom stereocenters. The van der Waals surface area contributed by atoms with E-state index < -0.39 is 11.7 Å². The number of pyridine rings is 2. The van der Waals surface area contributed by atoms with Crippen molar-refractivity contribution in [1.82, 2.24) is 29.7 Å². The third-order valence-electron chi connectivity index (χ3n) is 9.46. The highest BCUT2D eigenvalue weighted by atomic mass is 35.5. The van der Waals surface area contributed by atoms with E-state index in [1.807, 2.05) is 34.2 Å². The van der Waals surface area contributed by atoms with Crippen LogP contribution in [0.25, 0.3) is 20.4 Å². The van der Waals surface area contributed by atoms with Crippen molar-refractivity contribution in [3.8, 4) is 0 Å². The molecule has 4 aromatic heterocycles. The number of hydrogen-bond donors (Lipinski definition) is 2. The summed E-state index contributed by atoms with van der Waals surface area (Å²) in [5.74, 6) is 1.69. The van der Waals surface area contributed by atoms with Crippen LogP contribution in [0.1, 0.15) is 23.6 Å². The lowest BCUT2D eigenvalue weighted by Gasteiger charge is -2.40. The maximum Gasteiger partial charge on any atom is 0.416 e. The number of halogens is 4. The van der Waals surface area contributed by atoms with Gasteiger partial charge in [-0.15, -0.1) is 0 Å². The van der Waals surface area contributed by atoms with E-state index in [1.165, 1.54) is 23.0 Å². The zero-order valence-electron chi connectivity index (χ0n) is 30.7. The van der Waals surface area contributed by atoms with Gasteiger partial charge in [0.05, 0.1) is 31.0 Å². The van der Waals surface area contributed by atoms with Gasteiger partial charge in [-0.2, -0.15) is 13.2 Å². The topological polar surface area (TPSA) is 123 Å². The number of nitrogens with zero attached hydrogens (tertiary/aromatic N) is 8. The number of piperazine rings is 2. The normalized spacial score (nSPS) is 16.2. The summed E-state index contributed by atoms with van der Waals surface area (Å²) in [7, 11) is 0. The number of thiazole rings is 2. The van der Waals surface area contributed by atoms with Gasteiger partial charge in [-0.3, -0.25) is 10.6 Å². The molecule has 18 heteroatoms. The lowest BCUT2D eigenvalue weighted by atomic mass is 10.1. The molecule has 2 fully saturated rings. The second-order valence-electron chi connectivity index (χ2n) is 13.5. The minimum atomic E-state index is -4.42. The quantitative estimate of drug-likeness (QED) is 0.181. The molecule has 0 bridgehead atoms. The Balaban J connectivity index is 0.000000172. The van der Waals surface area contributed by atoms with Crippen LogP contribution in [-0.4, -0.2) is 93.7 Å². The molecular formula is C38H38ClF3N10O2S2. The number of anilines is 4. The molecule has 292 valence electrons. The van der Waals surface area contributed by atoms with E-state index in [1.54, 1.807) is 23.2 Å². The number of aromatic nitrogens is 4. The van der Waals surface area contributed by atoms with Gasteiger partial charge in [-0.05, 0) is 80.4 Å². The number of fused-ring (bicyclic) bond motifs is 2. The third kappa shape index (κ3) is 8.90. The van der Waals surface area contributed by atoms with Crippen LogP contribution in [0.2, 0.25) is 5.02 Å². The fraction of sp³-hybridized carbons (Fsp3) is 0.316. The lowest BCUT2D eigenvalue weighted by molar-refractivity contribution is -0.137. The number of carbonyl (C=O) groups is 2. The molecule has 4 amide bonds. The van der Waals surface area contributed by atoms with Crippen LogP contribution in [-0.2, 0) is 6.18 Å². The van der Waals surface area contributed by atoms with Gasteiger partial charge in [0.15, 0.2) is 10.3 Å². The summed E-state index contributed by atoms with van der Waals surface area (Å²) in [6.45, 7) is 10.5. The standard InChI is InChI=1S/C20H23N5OS.C18H15ClF3N5OS/c1-13-6-7-16-17(11-13)27-19(22-16)23-20(26)25-10-9-24(12-15(25)3)18-14(2)5-4-8-21-18;19-12-2-1-5-23-15(12)26-6-8-27(9-7-26)17(28)25-16-24-13-4-3-11(18(20,21)22)10-14(13)29-16/h4-8,11,15H,9-10,12H2,1-3H3,(H,22,23,26);1-5,10H,6-9H2,(H,24,25,28)/t15-;/m1./s1. The van der Waals surface area contributed by atoms with E-state index in [-0.39, 0.29) is 23.2 Å². The molecule has 0 saturated carbocycles. The number of benzene rings is 2. The molecule has 2 N–H and O–H groups in total. The number of aryl methyl sites for hydroxylation is 2. The second kappa shape index (κ2) is 16.5. The van der Waals surface area contributed by atoms with Crippen molar-refractivity contribution in [3.05, 3.63) is 94.8 Å². The van der Waals surface area contributed by atoms with Gasteiger partial charge in [0, 0.05) is 64.2 Å². The van der Waals surface area contributed by atoms with Gasteiger partial charge in [0.1, 0.15) is 11.6 Å². The number of rotatable bonds is 4. The molecule has 2 saturated heterocycles. The smallest absolute Gasteiger partial charge is 0.353 e. The Bertz CT molecular complexity index is 2370. The summed E-state index contributed by atoms with van der Waals surface area (Å²) in [6.07, 6.45) is -0.934. The molecule has 8 rings (SSSR count). The van der Waals surface area contributed by atoms with Gasteiger partial charge in [-0.1, -0.05) is 46.4 Å². The van der Waals surface area contributed by atoms with Crippen molar-refractivity contribution >= 4 is 88.7 Å². The van der Waals surface area contributed by atoms with Gasteiger partial charge in [-0.25, -0.2) is 29.5 Å². The highest BCUT2D eigenvalue weighted by molar-refractivity contribution is 7.22. The van der Waals surface area contributed by atoms with Crippen molar-refractivity contribution in [2.75, 3.05) is 66.2 Å². The minimum Gasteiger partial charge on any atom is -0.353 e. The van der Waals surface area contributed by atoms with E-state index >= 15 is 0 Å². The Kier molecular flexibility index (Phi) is 11.5. The average Bonchev–Trinajstić information content (AvgIpc) is 3.77. The van der Waals surface area contributed by atoms with Gasteiger partial charge >= 0.3 is 18.2 Å². The SMILES string of the molecule is Cc1ccc2nc(NC(=O)N3CCN(c4ncccc4C)C[C@H]3C)sc2c1.O=C(Nc1nc2ccc(C(F)(F)F)cc2s1)N1CCN(c2ncccc2Cl)CC1. The van der Waals surface area contributed by atoms with Crippen molar-refractivity contribution in [2.45, 2.75) is 33.0 Å². The first-order valence-electron chi connectivity index (χ1n) is 17.8. The molecular weight excluding hydrogens is 785 g/mol. The molecule has 0 aliphatic carbocycles. The van der Waals surface area contributed by atoms with Crippen LogP contribution in [0.5, 0.6) is 0 Å². The molecule has 12 nitrogen and oxygen atoms in total. The number of nitrogens with one attached hydrogen (secondary N) is 2. The first-order valence-corrected chi connectivity index (χ1v) is 19.8. The zero-order valence-corrected chi connectivity index (χ0v) is 33.1. The highest BCUT2D eigenvalue weighted by Crippen LogP contribution is 2.35. The fourth-order valence-electron chi connectivity index (χ4n) is 6.57. The minimum absolute atomic E-state index is 0.0873. The Labute approximate surface area is 333 Å². The molecule has 1 atom stereocenters. The highest BCUT2D eigenvalue weighted by Gasteiger charge is 2.32. The molecule has 2 aromatic carbocycles. The molecule has 56 heavy (non-hydrogen) atoms. The Morgan fingerprint density at radius 2 is 1.38 bits per heavy atom. The molecule has 0 spiro atoms. The largest absolute Gasteiger partial charge is 0.416 e. The van der Waals surface area contributed by atoms with Crippen LogP contribution in [0, 0.1) is 13.8 Å². The van der Waals surface area contributed by atoms with Crippen molar-refractivity contribution in [2.24, 2.45) is 0 Å². The molecule has 6 aromatic rings. The third-order valence-corrected chi connectivity index (χ3v) is 11.6. The monoisotopic (exact) mass is 822 g/mol. The van der Waals surface area contributed by atoms with Gasteiger partial charge in [0.2, 0.25) is 0 Å². The Morgan fingerprint density at radius 3 is 2.02 bits per heavy atom. The van der Waals surface area contributed by atoms with Crippen molar-refractivity contribution in [3.63, 3.8) is 0 Å². The first-order chi connectivity index (χ1) is 26.8. The molecule has 6 heterocycles. The Morgan fingerprint density at radius 1 is 0.768 bits per heavy atom. The van der Waals surface area contributed by atoms with Crippen molar-refractivity contribution < 1.29 is 22.8 Å². The average molecular weight is 823 g/mol. The van der Waals surface area contributed by atoms with E-state index in [0.717, 1.165) is 58.2 Å². The van der Waals surface area contributed by atoms with E-state index in [4.69, 9.17) is 11.6 Å². The zero-order chi connectivity index (χ0) is 39.6. The summed E-state index contributed by atoms with van der Waals surface area (Å²) in [5.41, 5.74) is 2.94. The van der Waals surface area contributed by atoms with Gasteiger partial charge < -0.3 is 19.6 Å². The fourth-order valence-corrected chi connectivity index (χ4v) is 8.65. The summed E-state index contributed by atoms with van der Waals surface area (Å²) in [4.78, 5) is 50.6. The summed E-state index contributed by atoms with van der Waals surface area (Å²) >= 11 is 8.69. The van der Waals surface area contributed by atoms with Crippen LogP contribution in [0.3, 0.4) is 0 Å². The number of alkyl halides is 3. The Hall–Kier alpha value is -5.26. The first kappa shape index (κ1) is 39.0. The summed E-state index contributed by atoms with van der Waals surface area (Å²) in [6, 6.07) is 16.7.